The second-order valence-corrected chi connectivity index (χ2v) is 6.34. The normalized spacial score (nSPS) is 19.6. The Morgan fingerprint density at radius 1 is 1.38 bits per heavy atom. The van der Waals surface area contributed by atoms with Crippen molar-refractivity contribution in [2.75, 3.05) is 19.7 Å². The Morgan fingerprint density at radius 3 is 2.76 bits per heavy atom. The summed E-state index contributed by atoms with van der Waals surface area (Å²) in [4.78, 5) is 14.0. The molecule has 0 aromatic heterocycles. The van der Waals surface area contributed by atoms with Gasteiger partial charge in [0.1, 0.15) is 0 Å². The summed E-state index contributed by atoms with van der Waals surface area (Å²) in [5.74, 6) is 0.0128. The van der Waals surface area contributed by atoms with Gasteiger partial charge in [-0.25, -0.2) is 0 Å². The minimum Gasteiger partial charge on any atom is -0.375 e. The van der Waals surface area contributed by atoms with Gasteiger partial charge in [0.15, 0.2) is 0 Å². The highest BCUT2D eigenvalue weighted by atomic mass is 16.5. The van der Waals surface area contributed by atoms with Gasteiger partial charge in [0.05, 0.1) is 18.2 Å². The summed E-state index contributed by atoms with van der Waals surface area (Å²) in [5, 5.41) is 0. The van der Waals surface area contributed by atoms with Crippen LogP contribution in [0.5, 0.6) is 0 Å². The Morgan fingerprint density at radius 2 is 2.10 bits per heavy atom. The molecular weight excluding hydrogens is 264 g/mol. The molecule has 1 saturated heterocycles. The number of morpholine rings is 1. The number of benzene rings is 1. The van der Waals surface area contributed by atoms with Gasteiger partial charge < -0.3 is 15.4 Å². The Labute approximate surface area is 127 Å². The molecule has 1 aromatic carbocycles. The predicted octanol–water partition coefficient (Wildman–Crippen LogP) is 1.97. The number of nitrogens with zero attached hydrogens (tertiary/aromatic N) is 1. The molecule has 4 heteroatoms. The van der Waals surface area contributed by atoms with Gasteiger partial charge in [0.2, 0.25) is 5.91 Å². The Balaban J connectivity index is 1.78. The zero-order valence-electron chi connectivity index (χ0n) is 13.0. The van der Waals surface area contributed by atoms with Gasteiger partial charge in [0, 0.05) is 13.1 Å². The molecule has 4 nitrogen and oxygen atoms in total. The maximum Gasteiger partial charge on any atom is 0.242 e. The van der Waals surface area contributed by atoms with E-state index in [4.69, 9.17) is 10.5 Å². The van der Waals surface area contributed by atoms with Crippen molar-refractivity contribution in [3.8, 4) is 0 Å². The van der Waals surface area contributed by atoms with Crippen LogP contribution < -0.4 is 5.73 Å². The lowest BCUT2D eigenvalue weighted by Crippen LogP contribution is -2.55. The zero-order valence-corrected chi connectivity index (χ0v) is 13.0. The lowest BCUT2D eigenvalue weighted by molar-refractivity contribution is -0.143. The van der Waals surface area contributed by atoms with Crippen molar-refractivity contribution in [3.05, 3.63) is 35.9 Å². The lowest BCUT2D eigenvalue weighted by Gasteiger charge is -2.36. The van der Waals surface area contributed by atoms with Gasteiger partial charge in [0.25, 0.3) is 0 Å². The molecule has 116 valence electrons. The van der Waals surface area contributed by atoms with Crippen molar-refractivity contribution in [2.24, 2.45) is 5.73 Å². The molecule has 0 radical (unpaired) electrons. The molecule has 2 rings (SSSR count). The Kier molecular flexibility index (Phi) is 5.37. The summed E-state index contributed by atoms with van der Waals surface area (Å²) in [5.41, 5.74) is 6.45. The fraction of sp³-hybridized carbons (Fsp3) is 0.588. The third kappa shape index (κ3) is 4.83. The van der Waals surface area contributed by atoms with Crippen LogP contribution in [-0.2, 0) is 16.0 Å². The highest BCUT2D eigenvalue weighted by Gasteiger charge is 2.31. The second-order valence-electron chi connectivity index (χ2n) is 6.34. The molecule has 1 heterocycles. The van der Waals surface area contributed by atoms with Crippen LogP contribution in [0.1, 0.15) is 32.3 Å². The van der Waals surface area contributed by atoms with Gasteiger partial charge in [-0.3, -0.25) is 4.79 Å². The van der Waals surface area contributed by atoms with E-state index < -0.39 is 5.54 Å². The van der Waals surface area contributed by atoms with Crippen molar-refractivity contribution in [2.45, 2.75) is 44.8 Å². The molecule has 0 saturated carbocycles. The molecule has 0 spiro atoms. The number of nitrogens with two attached hydrogens (primary N) is 1. The quantitative estimate of drug-likeness (QED) is 0.902. The van der Waals surface area contributed by atoms with E-state index in [1.807, 2.05) is 11.0 Å². The van der Waals surface area contributed by atoms with Crippen LogP contribution in [-0.4, -0.2) is 42.1 Å². The first-order valence-corrected chi connectivity index (χ1v) is 7.70. The van der Waals surface area contributed by atoms with E-state index in [1.165, 1.54) is 5.56 Å². The van der Waals surface area contributed by atoms with Crippen molar-refractivity contribution in [1.82, 2.24) is 4.90 Å². The number of hydrogen-bond donors (Lipinski definition) is 1. The molecule has 1 fully saturated rings. The molecule has 1 atom stereocenters. The molecular formula is C17H26N2O2. The number of aryl methyl sites for hydroxylation is 1. The summed E-state index contributed by atoms with van der Waals surface area (Å²) in [6.45, 7) is 5.44. The fourth-order valence-corrected chi connectivity index (χ4v) is 2.66. The lowest BCUT2D eigenvalue weighted by atomic mass is 10.0. The Hall–Kier alpha value is -1.39. The number of amides is 1. The molecule has 1 unspecified atom stereocenters. The topological polar surface area (TPSA) is 55.6 Å². The Bertz CT molecular complexity index is 454. The monoisotopic (exact) mass is 290 g/mol. The second kappa shape index (κ2) is 7.05. The van der Waals surface area contributed by atoms with Crippen LogP contribution in [0.2, 0.25) is 0 Å². The van der Waals surface area contributed by atoms with Gasteiger partial charge in [-0.05, 0) is 38.7 Å². The summed E-state index contributed by atoms with van der Waals surface area (Å²) < 4.78 is 5.77. The van der Waals surface area contributed by atoms with Gasteiger partial charge in [-0.1, -0.05) is 30.3 Å². The minimum atomic E-state index is -0.800. The van der Waals surface area contributed by atoms with Gasteiger partial charge in [-0.2, -0.15) is 0 Å². The smallest absolute Gasteiger partial charge is 0.242 e. The fourth-order valence-electron chi connectivity index (χ4n) is 2.66. The first-order chi connectivity index (χ1) is 9.97. The molecule has 1 aliphatic rings. The molecule has 1 aromatic rings. The summed E-state index contributed by atoms with van der Waals surface area (Å²) in [6.07, 6.45) is 3.23. The molecule has 1 aliphatic heterocycles. The van der Waals surface area contributed by atoms with E-state index in [-0.39, 0.29) is 12.0 Å². The summed E-state index contributed by atoms with van der Waals surface area (Å²) >= 11 is 0. The van der Waals surface area contributed by atoms with E-state index in [0.717, 1.165) is 19.3 Å². The summed E-state index contributed by atoms with van der Waals surface area (Å²) in [7, 11) is 0. The van der Waals surface area contributed by atoms with Crippen molar-refractivity contribution >= 4 is 5.91 Å². The molecule has 21 heavy (non-hydrogen) atoms. The van der Waals surface area contributed by atoms with Gasteiger partial charge >= 0.3 is 0 Å². The van der Waals surface area contributed by atoms with E-state index >= 15 is 0 Å². The number of ether oxygens (including phenoxy) is 1. The van der Waals surface area contributed by atoms with Crippen LogP contribution >= 0.6 is 0 Å². The first-order valence-electron chi connectivity index (χ1n) is 7.70. The minimum absolute atomic E-state index is 0.0128. The van der Waals surface area contributed by atoms with Crippen LogP contribution in [0.3, 0.4) is 0 Å². The van der Waals surface area contributed by atoms with Crippen LogP contribution in [0.25, 0.3) is 0 Å². The van der Waals surface area contributed by atoms with E-state index in [9.17, 15) is 4.79 Å². The van der Waals surface area contributed by atoms with Crippen LogP contribution in [0, 0.1) is 0 Å². The van der Waals surface area contributed by atoms with E-state index in [0.29, 0.717) is 19.7 Å². The number of rotatable bonds is 5. The third-order valence-corrected chi connectivity index (χ3v) is 3.81. The van der Waals surface area contributed by atoms with Crippen molar-refractivity contribution in [1.29, 1.82) is 0 Å². The van der Waals surface area contributed by atoms with Crippen molar-refractivity contribution < 1.29 is 9.53 Å². The molecule has 2 N–H and O–H groups in total. The maximum absolute atomic E-state index is 12.2. The largest absolute Gasteiger partial charge is 0.375 e. The zero-order chi connectivity index (χ0) is 15.3. The predicted molar refractivity (Wildman–Crippen MR) is 84.0 cm³/mol. The third-order valence-electron chi connectivity index (χ3n) is 3.81. The highest BCUT2D eigenvalue weighted by Crippen LogP contribution is 2.15. The number of carbonyl (C=O) groups is 1. The van der Waals surface area contributed by atoms with E-state index in [2.05, 4.69) is 24.3 Å². The average molecular weight is 290 g/mol. The first kappa shape index (κ1) is 16.0. The maximum atomic E-state index is 12.2. The molecule has 0 aliphatic carbocycles. The standard InChI is InChI=1S/C17H26N2O2/c1-17(2,18)16(20)19-11-12-21-15(13-19)10-6-9-14-7-4-3-5-8-14/h3-5,7-8,15H,6,9-13,18H2,1-2H3. The van der Waals surface area contributed by atoms with E-state index in [1.54, 1.807) is 13.8 Å². The SMILES string of the molecule is CC(C)(N)C(=O)N1CCOC(CCCc2ccccc2)C1. The van der Waals surface area contributed by atoms with Gasteiger partial charge in [-0.15, -0.1) is 0 Å². The number of hydrogen-bond acceptors (Lipinski definition) is 3. The van der Waals surface area contributed by atoms with Crippen molar-refractivity contribution in [3.63, 3.8) is 0 Å². The average Bonchev–Trinajstić information content (AvgIpc) is 2.47. The summed E-state index contributed by atoms with van der Waals surface area (Å²) in [6, 6.07) is 10.5. The number of carbonyl (C=O) groups excluding carboxylic acids is 1. The molecule has 1 amide bonds. The molecule has 0 bridgehead atoms. The van der Waals surface area contributed by atoms with Crippen LogP contribution in [0.4, 0.5) is 0 Å². The van der Waals surface area contributed by atoms with Crippen LogP contribution in [0.15, 0.2) is 30.3 Å². The highest BCUT2D eigenvalue weighted by molar-refractivity contribution is 5.85.